The molecule has 0 unspecified atom stereocenters. The van der Waals surface area contributed by atoms with E-state index in [0.717, 1.165) is 69.7 Å². The Kier molecular flexibility index (Phi) is 6.88. The predicted octanol–water partition coefficient (Wildman–Crippen LogP) is 3.75. The first kappa shape index (κ1) is 22.2. The second kappa shape index (κ2) is 10.5. The number of carbonyl (C=O) groups is 1. The SMILES string of the molecule is O=C(Nc1ccc(N2CCOCC2)cc1)c1ccnc(Nc2ccc(N3CCOCC3)cc2)c1. The van der Waals surface area contributed by atoms with Gasteiger partial charge in [0.15, 0.2) is 0 Å². The van der Waals surface area contributed by atoms with E-state index in [9.17, 15) is 4.79 Å². The molecule has 2 saturated heterocycles. The summed E-state index contributed by atoms with van der Waals surface area (Å²) in [6.07, 6.45) is 1.64. The van der Waals surface area contributed by atoms with E-state index < -0.39 is 0 Å². The van der Waals surface area contributed by atoms with Crippen molar-refractivity contribution in [2.75, 3.05) is 73.0 Å². The van der Waals surface area contributed by atoms with Crippen molar-refractivity contribution < 1.29 is 14.3 Å². The van der Waals surface area contributed by atoms with E-state index in [-0.39, 0.29) is 5.91 Å². The fourth-order valence-corrected chi connectivity index (χ4v) is 4.15. The maximum Gasteiger partial charge on any atom is 0.255 e. The van der Waals surface area contributed by atoms with Crippen LogP contribution in [0.1, 0.15) is 10.4 Å². The van der Waals surface area contributed by atoms with Gasteiger partial charge in [0, 0.05) is 60.7 Å². The summed E-state index contributed by atoms with van der Waals surface area (Å²) in [4.78, 5) is 21.8. The van der Waals surface area contributed by atoms with Crippen LogP contribution in [0.5, 0.6) is 0 Å². The van der Waals surface area contributed by atoms with Crippen LogP contribution in [0.3, 0.4) is 0 Å². The second-order valence-corrected chi connectivity index (χ2v) is 8.30. The van der Waals surface area contributed by atoms with Gasteiger partial charge in [-0.15, -0.1) is 0 Å². The first-order valence-electron chi connectivity index (χ1n) is 11.6. The molecule has 5 rings (SSSR count). The average molecular weight is 460 g/mol. The number of carbonyl (C=O) groups excluding carboxylic acids is 1. The number of morpholine rings is 2. The summed E-state index contributed by atoms with van der Waals surface area (Å²) in [5.41, 5.74) is 4.53. The zero-order valence-electron chi connectivity index (χ0n) is 19.1. The second-order valence-electron chi connectivity index (χ2n) is 8.30. The number of rotatable bonds is 6. The van der Waals surface area contributed by atoms with Gasteiger partial charge in [-0.05, 0) is 60.7 Å². The number of nitrogens with zero attached hydrogens (tertiary/aromatic N) is 3. The zero-order valence-corrected chi connectivity index (χ0v) is 19.1. The number of hydrogen-bond donors (Lipinski definition) is 2. The van der Waals surface area contributed by atoms with Crippen LogP contribution in [0, 0.1) is 0 Å². The van der Waals surface area contributed by atoms with Gasteiger partial charge < -0.3 is 29.9 Å². The van der Waals surface area contributed by atoms with Crippen molar-refractivity contribution in [1.82, 2.24) is 4.98 Å². The molecule has 176 valence electrons. The Bertz CT molecular complexity index is 1090. The summed E-state index contributed by atoms with van der Waals surface area (Å²) in [6.45, 7) is 6.59. The summed E-state index contributed by atoms with van der Waals surface area (Å²) in [6, 6.07) is 19.6. The van der Waals surface area contributed by atoms with Crippen LogP contribution >= 0.6 is 0 Å². The van der Waals surface area contributed by atoms with Gasteiger partial charge >= 0.3 is 0 Å². The van der Waals surface area contributed by atoms with Crippen molar-refractivity contribution in [2.24, 2.45) is 0 Å². The molecule has 0 spiro atoms. The zero-order chi connectivity index (χ0) is 23.2. The Balaban J connectivity index is 1.20. The fourth-order valence-electron chi connectivity index (χ4n) is 4.15. The number of anilines is 5. The molecule has 34 heavy (non-hydrogen) atoms. The van der Waals surface area contributed by atoms with Crippen LogP contribution in [0.15, 0.2) is 66.9 Å². The Morgan fingerprint density at radius 2 is 1.26 bits per heavy atom. The molecule has 0 radical (unpaired) electrons. The van der Waals surface area contributed by atoms with Gasteiger partial charge in [0.1, 0.15) is 5.82 Å². The molecule has 1 aromatic heterocycles. The number of ether oxygens (including phenoxy) is 2. The minimum absolute atomic E-state index is 0.174. The van der Waals surface area contributed by atoms with Gasteiger partial charge in [-0.1, -0.05) is 0 Å². The lowest BCUT2D eigenvalue weighted by Crippen LogP contribution is -2.36. The van der Waals surface area contributed by atoms with E-state index in [2.05, 4.69) is 37.6 Å². The van der Waals surface area contributed by atoms with Crippen LogP contribution in [-0.4, -0.2) is 63.5 Å². The molecule has 0 saturated carbocycles. The summed E-state index contributed by atoms with van der Waals surface area (Å²) in [5.74, 6) is 0.446. The molecule has 0 aliphatic carbocycles. The third kappa shape index (κ3) is 5.47. The van der Waals surface area contributed by atoms with Crippen molar-refractivity contribution in [1.29, 1.82) is 0 Å². The number of benzene rings is 2. The molecule has 0 atom stereocenters. The fraction of sp³-hybridized carbons (Fsp3) is 0.308. The molecule has 2 aliphatic rings. The summed E-state index contributed by atoms with van der Waals surface area (Å²) in [5, 5.41) is 6.26. The van der Waals surface area contributed by atoms with E-state index in [1.165, 1.54) is 5.69 Å². The molecule has 2 fully saturated rings. The van der Waals surface area contributed by atoms with Crippen molar-refractivity contribution in [3.8, 4) is 0 Å². The third-order valence-corrected chi connectivity index (χ3v) is 6.04. The van der Waals surface area contributed by atoms with Crippen LogP contribution < -0.4 is 20.4 Å². The minimum Gasteiger partial charge on any atom is -0.378 e. The summed E-state index contributed by atoms with van der Waals surface area (Å²) >= 11 is 0. The lowest BCUT2D eigenvalue weighted by atomic mass is 10.2. The number of pyridine rings is 1. The largest absolute Gasteiger partial charge is 0.378 e. The molecule has 1 amide bonds. The number of nitrogens with one attached hydrogen (secondary N) is 2. The normalized spacial score (nSPS) is 16.2. The standard InChI is InChI=1S/C26H29N5O3/c32-26(29-22-3-7-24(8-4-22)31-13-17-34-18-14-31)20-9-10-27-25(19-20)28-21-1-5-23(6-2-21)30-11-15-33-16-12-30/h1-10,19H,11-18H2,(H,27,28)(H,29,32). The van der Waals surface area contributed by atoms with Gasteiger partial charge in [-0.3, -0.25) is 4.79 Å². The number of hydrogen-bond acceptors (Lipinski definition) is 7. The molecular formula is C26H29N5O3. The quantitative estimate of drug-likeness (QED) is 0.581. The lowest BCUT2D eigenvalue weighted by molar-refractivity contribution is 0.102. The van der Waals surface area contributed by atoms with Crippen molar-refractivity contribution in [2.45, 2.75) is 0 Å². The van der Waals surface area contributed by atoms with Gasteiger partial charge in [0.2, 0.25) is 0 Å². The average Bonchev–Trinajstić information content (AvgIpc) is 2.91. The molecule has 8 heteroatoms. The van der Waals surface area contributed by atoms with Gasteiger partial charge in [0.25, 0.3) is 5.91 Å². The Morgan fingerprint density at radius 3 is 1.82 bits per heavy atom. The van der Waals surface area contributed by atoms with Crippen molar-refractivity contribution in [3.05, 3.63) is 72.4 Å². The van der Waals surface area contributed by atoms with Crippen LogP contribution in [0.4, 0.5) is 28.6 Å². The monoisotopic (exact) mass is 459 g/mol. The van der Waals surface area contributed by atoms with Crippen LogP contribution in [-0.2, 0) is 9.47 Å². The lowest BCUT2D eigenvalue weighted by Gasteiger charge is -2.29. The first-order valence-corrected chi connectivity index (χ1v) is 11.6. The summed E-state index contributed by atoms with van der Waals surface area (Å²) < 4.78 is 10.8. The Morgan fingerprint density at radius 1 is 0.735 bits per heavy atom. The van der Waals surface area contributed by atoms with Crippen LogP contribution in [0.2, 0.25) is 0 Å². The van der Waals surface area contributed by atoms with Gasteiger partial charge in [-0.25, -0.2) is 4.98 Å². The molecule has 3 heterocycles. The highest BCUT2D eigenvalue weighted by Gasteiger charge is 2.13. The molecule has 2 aliphatic heterocycles. The topological polar surface area (TPSA) is 79.0 Å². The van der Waals surface area contributed by atoms with Gasteiger partial charge in [0.05, 0.1) is 26.4 Å². The Labute approximate surface area is 199 Å². The maximum absolute atomic E-state index is 12.8. The highest BCUT2D eigenvalue weighted by Crippen LogP contribution is 2.23. The molecule has 2 N–H and O–H groups in total. The number of amides is 1. The minimum atomic E-state index is -0.174. The van der Waals surface area contributed by atoms with Crippen molar-refractivity contribution >= 4 is 34.5 Å². The predicted molar refractivity (Wildman–Crippen MR) is 134 cm³/mol. The van der Waals surface area contributed by atoms with E-state index in [4.69, 9.17) is 9.47 Å². The molecular weight excluding hydrogens is 430 g/mol. The third-order valence-electron chi connectivity index (χ3n) is 6.04. The van der Waals surface area contributed by atoms with Gasteiger partial charge in [-0.2, -0.15) is 0 Å². The molecule has 2 aromatic carbocycles. The first-order chi connectivity index (χ1) is 16.7. The molecule has 3 aromatic rings. The highest BCUT2D eigenvalue weighted by molar-refractivity contribution is 6.04. The van der Waals surface area contributed by atoms with E-state index in [1.54, 1.807) is 18.3 Å². The number of aromatic nitrogens is 1. The highest BCUT2D eigenvalue weighted by atomic mass is 16.5. The maximum atomic E-state index is 12.8. The van der Waals surface area contributed by atoms with Crippen LogP contribution in [0.25, 0.3) is 0 Å². The van der Waals surface area contributed by atoms with E-state index >= 15 is 0 Å². The van der Waals surface area contributed by atoms with Crippen molar-refractivity contribution in [3.63, 3.8) is 0 Å². The molecule has 8 nitrogen and oxygen atoms in total. The smallest absolute Gasteiger partial charge is 0.255 e. The summed E-state index contributed by atoms with van der Waals surface area (Å²) in [7, 11) is 0. The van der Waals surface area contributed by atoms with E-state index in [1.807, 2.05) is 36.4 Å². The molecule has 0 bridgehead atoms. The Hall–Kier alpha value is -3.62. The van der Waals surface area contributed by atoms with E-state index in [0.29, 0.717) is 11.4 Å².